The van der Waals surface area contributed by atoms with Gasteiger partial charge in [0.15, 0.2) is 5.78 Å². The second-order valence-corrected chi connectivity index (χ2v) is 2.63. The first kappa shape index (κ1) is 8.72. The molecule has 1 aromatic rings. The van der Waals surface area contributed by atoms with E-state index in [2.05, 4.69) is 0 Å². The average molecular weight is 160 g/mol. The van der Waals surface area contributed by atoms with Crippen LogP contribution in [0.5, 0.6) is 0 Å². The van der Waals surface area contributed by atoms with Crippen LogP contribution in [0.25, 0.3) is 0 Å². The summed E-state index contributed by atoms with van der Waals surface area (Å²) >= 11 is 0. The molecule has 0 saturated heterocycles. The fraction of sp³-hybridized carbons (Fsp3) is 0.182. The van der Waals surface area contributed by atoms with Gasteiger partial charge in [-0.3, -0.25) is 4.79 Å². The third kappa shape index (κ3) is 2.70. The normalized spacial score (nSPS) is 10.4. The maximum atomic E-state index is 11.1. The molecule has 0 aliphatic heterocycles. The van der Waals surface area contributed by atoms with E-state index in [9.17, 15) is 4.79 Å². The SMILES string of the molecule is C/C=C/C(=O)Cc1ccccc1. The van der Waals surface area contributed by atoms with Gasteiger partial charge in [0, 0.05) is 6.42 Å². The summed E-state index contributed by atoms with van der Waals surface area (Å²) in [5.74, 6) is 0.156. The first-order chi connectivity index (χ1) is 5.83. The molecule has 0 heterocycles. The number of hydrogen-bond acceptors (Lipinski definition) is 1. The highest BCUT2D eigenvalue weighted by atomic mass is 16.1. The van der Waals surface area contributed by atoms with Gasteiger partial charge in [-0.2, -0.15) is 0 Å². The van der Waals surface area contributed by atoms with Crippen LogP contribution in [0.3, 0.4) is 0 Å². The summed E-state index contributed by atoms with van der Waals surface area (Å²) in [7, 11) is 0. The Kier molecular flexibility index (Phi) is 3.27. The molecule has 0 atom stereocenters. The first-order valence-electron chi connectivity index (χ1n) is 4.02. The van der Waals surface area contributed by atoms with Crippen molar-refractivity contribution in [3.63, 3.8) is 0 Å². The van der Waals surface area contributed by atoms with E-state index in [1.54, 1.807) is 12.2 Å². The molecule has 0 bridgehead atoms. The Hall–Kier alpha value is -1.37. The molecule has 1 heteroatoms. The van der Waals surface area contributed by atoms with Crippen LogP contribution in [0.1, 0.15) is 12.5 Å². The van der Waals surface area contributed by atoms with Gasteiger partial charge < -0.3 is 0 Å². The van der Waals surface area contributed by atoms with Gasteiger partial charge in [0.05, 0.1) is 0 Å². The van der Waals surface area contributed by atoms with Gasteiger partial charge in [0.1, 0.15) is 0 Å². The van der Waals surface area contributed by atoms with Gasteiger partial charge in [-0.1, -0.05) is 36.4 Å². The van der Waals surface area contributed by atoms with Crippen molar-refractivity contribution in [2.75, 3.05) is 0 Å². The quantitative estimate of drug-likeness (QED) is 0.620. The molecule has 0 aliphatic carbocycles. The van der Waals surface area contributed by atoms with Gasteiger partial charge in [-0.25, -0.2) is 0 Å². The van der Waals surface area contributed by atoms with E-state index >= 15 is 0 Å². The predicted molar refractivity (Wildman–Crippen MR) is 50.0 cm³/mol. The standard InChI is InChI=1S/C11H12O/c1-2-6-11(12)9-10-7-4-3-5-8-10/h2-8H,9H2,1H3/b6-2+. The van der Waals surface area contributed by atoms with Crippen LogP contribution in [0.4, 0.5) is 0 Å². The highest BCUT2D eigenvalue weighted by Crippen LogP contribution is 2.00. The number of ketones is 1. The van der Waals surface area contributed by atoms with Crippen molar-refractivity contribution in [1.82, 2.24) is 0 Å². The average Bonchev–Trinajstić information content (AvgIpc) is 2.06. The Balaban J connectivity index is 2.59. The highest BCUT2D eigenvalue weighted by Gasteiger charge is 1.96. The van der Waals surface area contributed by atoms with E-state index in [1.807, 2.05) is 37.3 Å². The molecular weight excluding hydrogens is 148 g/mol. The van der Waals surface area contributed by atoms with Crippen molar-refractivity contribution >= 4 is 5.78 Å². The molecule has 0 unspecified atom stereocenters. The Labute approximate surface area is 72.7 Å². The summed E-state index contributed by atoms with van der Waals surface area (Å²) in [4.78, 5) is 11.1. The smallest absolute Gasteiger partial charge is 0.159 e. The van der Waals surface area contributed by atoms with Crippen LogP contribution in [0.2, 0.25) is 0 Å². The van der Waals surface area contributed by atoms with Crippen LogP contribution in [-0.2, 0) is 11.2 Å². The number of hydrogen-bond donors (Lipinski definition) is 0. The lowest BCUT2D eigenvalue weighted by Gasteiger charge is -1.94. The van der Waals surface area contributed by atoms with Gasteiger partial charge in [-0.05, 0) is 18.6 Å². The van der Waals surface area contributed by atoms with E-state index in [-0.39, 0.29) is 5.78 Å². The summed E-state index contributed by atoms with van der Waals surface area (Å²) in [6.07, 6.45) is 3.88. The largest absolute Gasteiger partial charge is 0.294 e. The molecule has 0 aliphatic rings. The Morgan fingerprint density at radius 2 is 2.00 bits per heavy atom. The number of benzene rings is 1. The third-order valence-electron chi connectivity index (χ3n) is 1.57. The van der Waals surface area contributed by atoms with Crippen LogP contribution in [0, 0.1) is 0 Å². The molecule has 12 heavy (non-hydrogen) atoms. The highest BCUT2D eigenvalue weighted by molar-refractivity contribution is 5.91. The van der Waals surface area contributed by atoms with E-state index in [4.69, 9.17) is 0 Å². The second-order valence-electron chi connectivity index (χ2n) is 2.63. The maximum absolute atomic E-state index is 11.1. The van der Waals surface area contributed by atoms with Crippen LogP contribution < -0.4 is 0 Å². The Morgan fingerprint density at radius 3 is 2.58 bits per heavy atom. The summed E-state index contributed by atoms with van der Waals surface area (Å²) in [5.41, 5.74) is 1.07. The van der Waals surface area contributed by atoms with Gasteiger partial charge in [-0.15, -0.1) is 0 Å². The lowest BCUT2D eigenvalue weighted by atomic mass is 10.1. The van der Waals surface area contributed by atoms with Crippen LogP contribution in [0.15, 0.2) is 42.5 Å². The van der Waals surface area contributed by atoms with Crippen molar-refractivity contribution in [2.45, 2.75) is 13.3 Å². The molecular formula is C11H12O. The number of allylic oxidation sites excluding steroid dienone is 2. The van der Waals surface area contributed by atoms with E-state index in [1.165, 1.54) is 0 Å². The molecule has 0 saturated carbocycles. The lowest BCUT2D eigenvalue weighted by molar-refractivity contribution is -0.114. The van der Waals surface area contributed by atoms with E-state index in [0.29, 0.717) is 6.42 Å². The Bertz CT molecular complexity index is 272. The molecule has 0 N–H and O–H groups in total. The van der Waals surface area contributed by atoms with Crippen molar-refractivity contribution in [3.05, 3.63) is 48.0 Å². The Morgan fingerprint density at radius 1 is 1.33 bits per heavy atom. The minimum absolute atomic E-state index is 0.156. The summed E-state index contributed by atoms with van der Waals surface area (Å²) in [6, 6.07) is 9.75. The van der Waals surface area contributed by atoms with Gasteiger partial charge in [0.25, 0.3) is 0 Å². The molecule has 0 amide bonds. The summed E-state index contributed by atoms with van der Waals surface area (Å²) in [5, 5.41) is 0. The van der Waals surface area contributed by atoms with Crippen LogP contribution >= 0.6 is 0 Å². The summed E-state index contributed by atoms with van der Waals surface area (Å²) in [6.45, 7) is 1.85. The number of carbonyl (C=O) groups is 1. The lowest BCUT2D eigenvalue weighted by Crippen LogP contribution is -1.97. The second kappa shape index (κ2) is 4.50. The monoisotopic (exact) mass is 160 g/mol. The van der Waals surface area contributed by atoms with E-state index < -0.39 is 0 Å². The first-order valence-corrected chi connectivity index (χ1v) is 4.02. The molecule has 1 rings (SSSR count). The zero-order valence-corrected chi connectivity index (χ0v) is 7.16. The molecule has 0 radical (unpaired) electrons. The maximum Gasteiger partial charge on any atom is 0.159 e. The van der Waals surface area contributed by atoms with Gasteiger partial charge >= 0.3 is 0 Å². The van der Waals surface area contributed by atoms with Crippen molar-refractivity contribution in [1.29, 1.82) is 0 Å². The summed E-state index contributed by atoms with van der Waals surface area (Å²) < 4.78 is 0. The topological polar surface area (TPSA) is 17.1 Å². The fourth-order valence-corrected chi connectivity index (χ4v) is 1.04. The molecule has 1 aromatic carbocycles. The molecule has 62 valence electrons. The molecule has 0 fully saturated rings. The third-order valence-corrected chi connectivity index (χ3v) is 1.57. The molecule has 1 nitrogen and oxygen atoms in total. The molecule has 0 spiro atoms. The zero-order valence-electron chi connectivity index (χ0n) is 7.16. The van der Waals surface area contributed by atoms with E-state index in [0.717, 1.165) is 5.56 Å². The van der Waals surface area contributed by atoms with Crippen molar-refractivity contribution in [2.24, 2.45) is 0 Å². The number of carbonyl (C=O) groups excluding carboxylic acids is 1. The molecule has 0 aromatic heterocycles. The minimum atomic E-state index is 0.156. The fourth-order valence-electron chi connectivity index (χ4n) is 1.04. The zero-order chi connectivity index (χ0) is 8.81. The van der Waals surface area contributed by atoms with Crippen LogP contribution in [-0.4, -0.2) is 5.78 Å². The van der Waals surface area contributed by atoms with Crippen molar-refractivity contribution < 1.29 is 4.79 Å². The minimum Gasteiger partial charge on any atom is -0.294 e. The van der Waals surface area contributed by atoms with Gasteiger partial charge in [0.2, 0.25) is 0 Å². The predicted octanol–water partition coefficient (Wildman–Crippen LogP) is 2.37. The number of rotatable bonds is 3. The van der Waals surface area contributed by atoms with Crippen molar-refractivity contribution in [3.8, 4) is 0 Å².